The third kappa shape index (κ3) is 2.69. The Morgan fingerprint density at radius 2 is 1.83 bits per heavy atom. The van der Waals surface area contributed by atoms with Crippen LogP contribution in [0.2, 0.25) is 0 Å². The topological polar surface area (TPSA) is 51.0 Å². The molecule has 1 unspecified atom stereocenters. The van der Waals surface area contributed by atoms with Crippen LogP contribution in [0.4, 0.5) is 0 Å². The first-order valence-corrected chi connectivity index (χ1v) is 8.14. The van der Waals surface area contributed by atoms with Crippen LogP contribution in [0.5, 0.6) is 0 Å². The number of nitrogens with zero attached hydrogens (tertiary/aromatic N) is 4. The van der Waals surface area contributed by atoms with Crippen LogP contribution >= 0.6 is 0 Å². The fraction of sp³-hybridized carbons (Fsp3) is 0.211. The summed E-state index contributed by atoms with van der Waals surface area (Å²) in [5.41, 5.74) is 2.82. The zero-order chi connectivity index (χ0) is 16.4. The highest BCUT2D eigenvalue weighted by Gasteiger charge is 2.30. The minimum atomic E-state index is 0.0846. The molecule has 1 aliphatic rings. The van der Waals surface area contributed by atoms with Gasteiger partial charge in [-0.1, -0.05) is 0 Å². The summed E-state index contributed by atoms with van der Waals surface area (Å²) in [5.74, 6) is 0.0846. The molecule has 2 aromatic heterocycles. The first-order valence-electron chi connectivity index (χ1n) is 8.14. The van der Waals surface area contributed by atoms with Crippen molar-refractivity contribution in [1.82, 2.24) is 19.7 Å². The Bertz CT molecular complexity index is 812. The smallest absolute Gasteiger partial charge is 0.254 e. The van der Waals surface area contributed by atoms with Gasteiger partial charge < -0.3 is 4.90 Å². The Labute approximate surface area is 140 Å². The van der Waals surface area contributed by atoms with Crippen molar-refractivity contribution in [2.24, 2.45) is 0 Å². The zero-order valence-corrected chi connectivity index (χ0v) is 13.2. The molecular weight excluding hydrogens is 300 g/mol. The minimum Gasteiger partial charge on any atom is -0.332 e. The Balaban J connectivity index is 1.56. The van der Waals surface area contributed by atoms with Gasteiger partial charge in [0.1, 0.15) is 0 Å². The molecule has 120 valence electrons. The van der Waals surface area contributed by atoms with Crippen molar-refractivity contribution >= 4 is 5.91 Å². The van der Waals surface area contributed by atoms with Crippen molar-refractivity contribution in [3.8, 4) is 5.69 Å². The lowest BCUT2D eigenvalue weighted by molar-refractivity contribution is 0.0735. The van der Waals surface area contributed by atoms with Crippen molar-refractivity contribution < 1.29 is 4.79 Å². The zero-order valence-electron chi connectivity index (χ0n) is 13.2. The maximum absolute atomic E-state index is 12.9. The molecule has 4 rings (SSSR count). The molecule has 0 aliphatic carbocycles. The van der Waals surface area contributed by atoms with E-state index < -0.39 is 0 Å². The number of aromatic nitrogens is 3. The number of benzene rings is 1. The molecule has 0 radical (unpaired) electrons. The van der Waals surface area contributed by atoms with Crippen molar-refractivity contribution in [3.05, 3.63) is 78.4 Å². The maximum atomic E-state index is 12.9. The molecule has 5 heteroatoms. The molecule has 0 spiro atoms. The van der Waals surface area contributed by atoms with E-state index in [1.807, 2.05) is 53.6 Å². The number of pyridine rings is 1. The minimum absolute atomic E-state index is 0.0846. The molecule has 1 fully saturated rings. The third-order valence-electron chi connectivity index (χ3n) is 4.49. The van der Waals surface area contributed by atoms with E-state index in [2.05, 4.69) is 10.1 Å². The van der Waals surface area contributed by atoms with Crippen LogP contribution in [-0.4, -0.2) is 32.1 Å². The summed E-state index contributed by atoms with van der Waals surface area (Å²) in [6.45, 7) is 0.798. The average molecular weight is 318 g/mol. The molecule has 3 aromatic rings. The van der Waals surface area contributed by atoms with E-state index in [1.165, 1.54) is 0 Å². The first kappa shape index (κ1) is 14.6. The monoisotopic (exact) mass is 318 g/mol. The van der Waals surface area contributed by atoms with Gasteiger partial charge in [-0.25, -0.2) is 4.68 Å². The van der Waals surface area contributed by atoms with Crippen LogP contribution in [0.3, 0.4) is 0 Å². The van der Waals surface area contributed by atoms with Gasteiger partial charge in [0, 0.05) is 36.9 Å². The van der Waals surface area contributed by atoms with E-state index in [1.54, 1.807) is 23.3 Å². The Hall–Kier alpha value is -2.95. The van der Waals surface area contributed by atoms with Crippen LogP contribution in [-0.2, 0) is 0 Å². The molecule has 1 saturated heterocycles. The summed E-state index contributed by atoms with van der Waals surface area (Å²) < 4.78 is 1.78. The lowest BCUT2D eigenvalue weighted by Crippen LogP contribution is -2.30. The lowest BCUT2D eigenvalue weighted by atomic mass is 10.1. The summed E-state index contributed by atoms with van der Waals surface area (Å²) in [6.07, 6.45) is 9.23. The predicted octanol–water partition coefficient (Wildman–Crippen LogP) is 3.24. The van der Waals surface area contributed by atoms with E-state index in [0.29, 0.717) is 5.56 Å². The van der Waals surface area contributed by atoms with Crippen molar-refractivity contribution in [2.75, 3.05) is 6.54 Å². The van der Waals surface area contributed by atoms with Gasteiger partial charge in [0.15, 0.2) is 0 Å². The molecule has 1 aromatic carbocycles. The third-order valence-corrected chi connectivity index (χ3v) is 4.49. The molecule has 1 atom stereocenters. The Morgan fingerprint density at radius 1 is 1.04 bits per heavy atom. The van der Waals surface area contributed by atoms with Crippen molar-refractivity contribution in [2.45, 2.75) is 18.9 Å². The summed E-state index contributed by atoms with van der Waals surface area (Å²) in [6, 6.07) is 13.6. The van der Waals surface area contributed by atoms with Crippen LogP contribution in [0.25, 0.3) is 5.69 Å². The maximum Gasteiger partial charge on any atom is 0.254 e. The second kappa shape index (κ2) is 6.28. The standard InChI is InChI=1S/C19H18N4O/c24-19(16-4-6-17(7-5-16)23-14-2-10-21-23)22-13-1-3-18(22)15-8-11-20-12-9-15/h2,4-12,14,18H,1,3,13H2. The van der Waals surface area contributed by atoms with Crippen LogP contribution in [0.15, 0.2) is 67.3 Å². The van der Waals surface area contributed by atoms with Gasteiger partial charge in [0.25, 0.3) is 5.91 Å². The largest absolute Gasteiger partial charge is 0.332 e. The van der Waals surface area contributed by atoms with E-state index in [9.17, 15) is 4.79 Å². The highest BCUT2D eigenvalue weighted by Crippen LogP contribution is 2.32. The molecule has 5 nitrogen and oxygen atoms in total. The second-order valence-electron chi connectivity index (χ2n) is 5.93. The number of hydrogen-bond acceptors (Lipinski definition) is 3. The van der Waals surface area contributed by atoms with Crippen molar-refractivity contribution in [1.29, 1.82) is 0 Å². The van der Waals surface area contributed by atoms with Gasteiger partial charge in [-0.15, -0.1) is 0 Å². The summed E-state index contributed by atoms with van der Waals surface area (Å²) in [5, 5.41) is 4.21. The van der Waals surface area contributed by atoms with Gasteiger partial charge in [-0.3, -0.25) is 9.78 Å². The Morgan fingerprint density at radius 3 is 2.54 bits per heavy atom. The second-order valence-corrected chi connectivity index (χ2v) is 5.93. The molecular formula is C19H18N4O. The van der Waals surface area contributed by atoms with Gasteiger partial charge >= 0.3 is 0 Å². The lowest BCUT2D eigenvalue weighted by Gasteiger charge is -2.25. The fourth-order valence-electron chi connectivity index (χ4n) is 3.29. The number of carbonyl (C=O) groups is 1. The molecule has 0 saturated carbocycles. The SMILES string of the molecule is O=C(c1ccc(-n2cccn2)cc1)N1CCCC1c1ccncc1. The predicted molar refractivity (Wildman–Crippen MR) is 90.8 cm³/mol. The Kier molecular flexibility index (Phi) is 3.83. The number of amides is 1. The molecule has 0 bridgehead atoms. The number of rotatable bonds is 3. The molecule has 0 N–H and O–H groups in total. The number of carbonyl (C=O) groups excluding carboxylic acids is 1. The molecule has 3 heterocycles. The highest BCUT2D eigenvalue weighted by atomic mass is 16.2. The van der Waals surface area contributed by atoms with E-state index in [0.717, 1.165) is 30.6 Å². The number of hydrogen-bond donors (Lipinski definition) is 0. The van der Waals surface area contributed by atoms with Gasteiger partial charge in [-0.2, -0.15) is 5.10 Å². The fourth-order valence-corrected chi connectivity index (χ4v) is 3.29. The molecule has 24 heavy (non-hydrogen) atoms. The van der Waals surface area contributed by atoms with Gasteiger partial charge in [-0.05, 0) is 60.9 Å². The summed E-state index contributed by atoms with van der Waals surface area (Å²) in [7, 11) is 0. The normalized spacial score (nSPS) is 17.2. The number of likely N-dealkylation sites (tertiary alicyclic amines) is 1. The van der Waals surface area contributed by atoms with Crippen molar-refractivity contribution in [3.63, 3.8) is 0 Å². The van der Waals surface area contributed by atoms with Crippen LogP contribution < -0.4 is 0 Å². The first-order chi connectivity index (χ1) is 11.8. The summed E-state index contributed by atoms with van der Waals surface area (Å²) in [4.78, 5) is 19.0. The summed E-state index contributed by atoms with van der Waals surface area (Å²) >= 11 is 0. The quantitative estimate of drug-likeness (QED) is 0.745. The molecule has 1 amide bonds. The van der Waals surface area contributed by atoms with Crippen LogP contribution in [0.1, 0.15) is 34.8 Å². The average Bonchev–Trinajstić information content (AvgIpc) is 3.34. The van der Waals surface area contributed by atoms with Gasteiger partial charge in [0.05, 0.1) is 11.7 Å². The van der Waals surface area contributed by atoms with Gasteiger partial charge in [0.2, 0.25) is 0 Å². The van der Waals surface area contributed by atoms with E-state index >= 15 is 0 Å². The van der Waals surface area contributed by atoms with Crippen LogP contribution in [0, 0.1) is 0 Å². The van der Waals surface area contributed by atoms with E-state index in [4.69, 9.17) is 0 Å². The highest BCUT2D eigenvalue weighted by molar-refractivity contribution is 5.94. The van der Waals surface area contributed by atoms with E-state index in [-0.39, 0.29) is 11.9 Å². The molecule has 1 aliphatic heterocycles.